The van der Waals surface area contributed by atoms with Gasteiger partial charge in [0, 0.05) is 30.9 Å². The lowest BCUT2D eigenvalue weighted by atomic mass is 9.79. The first-order valence-electron chi connectivity index (χ1n) is 11.3. The Morgan fingerprint density at radius 3 is 2.97 bits per heavy atom. The molecule has 3 aromatic heterocycles. The van der Waals surface area contributed by atoms with Gasteiger partial charge in [-0.25, -0.2) is 0 Å². The van der Waals surface area contributed by atoms with Crippen LogP contribution in [-0.2, 0) is 6.54 Å². The van der Waals surface area contributed by atoms with Crippen LogP contribution in [0.1, 0.15) is 55.6 Å². The molecule has 0 saturated heterocycles. The van der Waals surface area contributed by atoms with Crippen LogP contribution in [0.5, 0.6) is 0 Å². The van der Waals surface area contributed by atoms with Gasteiger partial charge in [-0.15, -0.1) is 0 Å². The summed E-state index contributed by atoms with van der Waals surface area (Å²) in [7, 11) is 0. The first-order valence-corrected chi connectivity index (χ1v) is 12.0. The smallest absolute Gasteiger partial charge is 0.270 e. The van der Waals surface area contributed by atoms with Crippen molar-refractivity contribution in [2.24, 2.45) is 0 Å². The second-order valence-electron chi connectivity index (χ2n) is 8.96. The second kappa shape index (κ2) is 8.60. The molecule has 1 saturated carbocycles. The fourth-order valence-electron chi connectivity index (χ4n) is 4.93. The average molecular weight is 449 g/mol. The van der Waals surface area contributed by atoms with Gasteiger partial charge in [-0.2, -0.15) is 8.75 Å². The van der Waals surface area contributed by atoms with Gasteiger partial charge in [0.2, 0.25) is 0 Å². The Hall–Kier alpha value is -2.84. The van der Waals surface area contributed by atoms with Crippen LogP contribution in [0.15, 0.2) is 42.6 Å². The standard InChI is InChI=1S/C24H28N6OS/c1-3-30(23(31)22-13-20-18(27-22)7-5-11-25-20)17-6-4-10-24(2,14-17)26-15-16-8-9-19-21(12-16)29-32-28-19/h5,7-9,11-13,17,26-27H,3-4,6,10,14-15H2,1-2H3/t17-,24?/m0/s1. The molecule has 1 fully saturated rings. The molecule has 166 valence electrons. The third-order valence-electron chi connectivity index (χ3n) is 6.65. The number of aromatic nitrogens is 4. The highest BCUT2D eigenvalue weighted by Crippen LogP contribution is 2.32. The number of nitrogens with zero attached hydrogens (tertiary/aromatic N) is 4. The van der Waals surface area contributed by atoms with Crippen LogP contribution >= 0.6 is 11.7 Å². The number of fused-ring (bicyclic) bond motifs is 2. The number of hydrogen-bond acceptors (Lipinski definition) is 6. The van der Waals surface area contributed by atoms with Crippen molar-refractivity contribution >= 4 is 39.7 Å². The highest BCUT2D eigenvalue weighted by atomic mass is 32.1. The third-order valence-corrected chi connectivity index (χ3v) is 7.21. The number of carbonyl (C=O) groups excluding carboxylic acids is 1. The van der Waals surface area contributed by atoms with E-state index in [1.54, 1.807) is 6.20 Å². The van der Waals surface area contributed by atoms with E-state index in [2.05, 4.69) is 50.0 Å². The van der Waals surface area contributed by atoms with Crippen LogP contribution in [0.2, 0.25) is 0 Å². The summed E-state index contributed by atoms with van der Waals surface area (Å²) in [6.07, 6.45) is 5.92. The van der Waals surface area contributed by atoms with Gasteiger partial charge in [0.25, 0.3) is 5.91 Å². The average Bonchev–Trinajstić information content (AvgIpc) is 3.45. The minimum atomic E-state index is -0.0199. The zero-order chi connectivity index (χ0) is 22.1. The number of H-pyrrole nitrogens is 1. The first-order chi connectivity index (χ1) is 15.5. The summed E-state index contributed by atoms with van der Waals surface area (Å²) in [4.78, 5) is 23.0. The number of carbonyl (C=O) groups is 1. The van der Waals surface area contributed by atoms with E-state index in [1.807, 2.05) is 29.2 Å². The highest BCUT2D eigenvalue weighted by Gasteiger charge is 2.36. The molecule has 8 heteroatoms. The first kappa shape index (κ1) is 21.0. The summed E-state index contributed by atoms with van der Waals surface area (Å²) in [5, 5.41) is 3.78. The number of nitrogens with one attached hydrogen (secondary N) is 2. The van der Waals surface area contributed by atoms with E-state index in [-0.39, 0.29) is 17.5 Å². The van der Waals surface area contributed by atoms with E-state index in [4.69, 9.17) is 0 Å². The Balaban J connectivity index is 1.29. The van der Waals surface area contributed by atoms with Crippen molar-refractivity contribution in [1.29, 1.82) is 0 Å². The van der Waals surface area contributed by atoms with Crippen molar-refractivity contribution in [3.05, 3.63) is 53.9 Å². The van der Waals surface area contributed by atoms with E-state index in [9.17, 15) is 4.79 Å². The predicted molar refractivity (Wildman–Crippen MR) is 128 cm³/mol. The maximum atomic E-state index is 13.4. The molecule has 2 N–H and O–H groups in total. The lowest BCUT2D eigenvalue weighted by molar-refractivity contribution is 0.0570. The number of amides is 1. The molecule has 0 radical (unpaired) electrons. The van der Waals surface area contributed by atoms with Crippen LogP contribution in [0.25, 0.3) is 22.1 Å². The predicted octanol–water partition coefficient (Wildman–Crippen LogP) is 4.52. The summed E-state index contributed by atoms with van der Waals surface area (Å²) in [5.74, 6) is 0.0567. The van der Waals surface area contributed by atoms with Crippen molar-refractivity contribution in [2.45, 2.75) is 57.7 Å². The summed E-state index contributed by atoms with van der Waals surface area (Å²) in [6.45, 7) is 5.82. The number of benzene rings is 1. The van der Waals surface area contributed by atoms with Crippen LogP contribution < -0.4 is 5.32 Å². The molecule has 0 aliphatic heterocycles. The van der Waals surface area contributed by atoms with Crippen LogP contribution in [0, 0.1) is 0 Å². The molecular weight excluding hydrogens is 420 g/mol. The fraction of sp³-hybridized carbons (Fsp3) is 0.417. The van der Waals surface area contributed by atoms with Gasteiger partial charge in [0.1, 0.15) is 16.7 Å². The largest absolute Gasteiger partial charge is 0.349 e. The van der Waals surface area contributed by atoms with E-state index in [1.165, 1.54) is 17.3 Å². The number of aromatic amines is 1. The second-order valence-corrected chi connectivity index (χ2v) is 9.49. The molecule has 3 heterocycles. The quantitative estimate of drug-likeness (QED) is 0.453. The zero-order valence-corrected chi connectivity index (χ0v) is 19.3. The Bertz CT molecular complexity index is 1220. The van der Waals surface area contributed by atoms with Gasteiger partial charge in [-0.05, 0) is 75.4 Å². The van der Waals surface area contributed by atoms with E-state index >= 15 is 0 Å². The van der Waals surface area contributed by atoms with E-state index in [0.717, 1.165) is 54.3 Å². The maximum Gasteiger partial charge on any atom is 0.270 e. The highest BCUT2D eigenvalue weighted by molar-refractivity contribution is 7.00. The van der Waals surface area contributed by atoms with Crippen molar-refractivity contribution in [3.63, 3.8) is 0 Å². The SMILES string of the molecule is CCN(C(=O)c1cc2ncccc2[nH]1)[C@H]1CCCC(C)(NCc2ccc3nsnc3c2)C1. The summed E-state index contributed by atoms with van der Waals surface area (Å²) in [5.41, 5.74) is 5.44. The molecular formula is C24H28N6OS. The monoisotopic (exact) mass is 448 g/mol. The number of pyridine rings is 1. The van der Waals surface area contributed by atoms with Crippen LogP contribution in [0.4, 0.5) is 0 Å². The minimum Gasteiger partial charge on any atom is -0.349 e. The molecule has 1 aromatic carbocycles. The molecule has 7 nitrogen and oxygen atoms in total. The molecule has 1 unspecified atom stereocenters. The van der Waals surface area contributed by atoms with Crippen molar-refractivity contribution in [3.8, 4) is 0 Å². The van der Waals surface area contributed by atoms with Crippen LogP contribution in [0.3, 0.4) is 0 Å². The topological polar surface area (TPSA) is 86.8 Å². The molecule has 5 rings (SSSR count). The van der Waals surface area contributed by atoms with Gasteiger partial charge >= 0.3 is 0 Å². The molecule has 0 spiro atoms. The summed E-state index contributed by atoms with van der Waals surface area (Å²) in [6, 6.07) is 12.2. The normalized spacial score (nSPS) is 21.2. The Morgan fingerprint density at radius 2 is 2.12 bits per heavy atom. The Morgan fingerprint density at radius 1 is 1.25 bits per heavy atom. The summed E-state index contributed by atoms with van der Waals surface area (Å²) >= 11 is 1.25. The van der Waals surface area contributed by atoms with Gasteiger partial charge in [0.05, 0.1) is 22.8 Å². The Labute approximate surface area is 191 Å². The molecule has 32 heavy (non-hydrogen) atoms. The molecule has 1 aliphatic carbocycles. The lowest BCUT2D eigenvalue weighted by Crippen LogP contribution is -2.52. The van der Waals surface area contributed by atoms with E-state index < -0.39 is 0 Å². The number of rotatable bonds is 6. The van der Waals surface area contributed by atoms with Gasteiger partial charge < -0.3 is 15.2 Å². The molecule has 1 amide bonds. The van der Waals surface area contributed by atoms with Crippen LogP contribution in [-0.4, -0.2) is 47.6 Å². The van der Waals surface area contributed by atoms with Gasteiger partial charge in [-0.3, -0.25) is 9.78 Å². The maximum absolute atomic E-state index is 13.4. The van der Waals surface area contributed by atoms with Crippen molar-refractivity contribution in [1.82, 2.24) is 28.9 Å². The molecule has 0 bridgehead atoms. The minimum absolute atomic E-state index is 0.0199. The van der Waals surface area contributed by atoms with Gasteiger partial charge in [0.15, 0.2) is 0 Å². The van der Waals surface area contributed by atoms with Gasteiger partial charge in [-0.1, -0.05) is 6.07 Å². The van der Waals surface area contributed by atoms with Crippen molar-refractivity contribution in [2.75, 3.05) is 6.54 Å². The van der Waals surface area contributed by atoms with E-state index in [0.29, 0.717) is 12.2 Å². The number of hydrogen-bond donors (Lipinski definition) is 2. The van der Waals surface area contributed by atoms with Crippen molar-refractivity contribution < 1.29 is 4.79 Å². The fourth-order valence-corrected chi connectivity index (χ4v) is 5.44. The third kappa shape index (κ3) is 4.12. The molecule has 2 atom stereocenters. The molecule has 4 aromatic rings. The zero-order valence-electron chi connectivity index (χ0n) is 18.5. The summed E-state index contributed by atoms with van der Waals surface area (Å²) < 4.78 is 8.64. The molecule has 1 aliphatic rings. The Kier molecular flexibility index (Phi) is 5.65. The lowest BCUT2D eigenvalue weighted by Gasteiger charge is -2.43.